The monoisotopic (exact) mass is 164 g/mol. The molecule has 3 heteroatoms. The fourth-order valence-electron chi connectivity index (χ4n) is 1.13. The van der Waals surface area contributed by atoms with E-state index in [2.05, 4.69) is 6.92 Å². The van der Waals surface area contributed by atoms with Crippen molar-refractivity contribution < 1.29 is 3.79 Å². The highest BCUT2D eigenvalue weighted by molar-refractivity contribution is 6.51. The summed E-state index contributed by atoms with van der Waals surface area (Å²) in [6.07, 6.45) is 2.74. The molecule has 1 nitrogen and oxygen atoms in total. The van der Waals surface area contributed by atoms with Crippen LogP contribution in [0.25, 0.3) is 0 Å². The van der Waals surface area contributed by atoms with Crippen molar-refractivity contribution in [2.24, 2.45) is 0 Å². The zero-order valence-corrected chi connectivity index (χ0v) is 7.90. The van der Waals surface area contributed by atoms with Crippen LogP contribution in [0.4, 0.5) is 0 Å². The van der Waals surface area contributed by atoms with Gasteiger partial charge < -0.3 is 3.79 Å². The van der Waals surface area contributed by atoms with Crippen molar-refractivity contribution in [1.29, 1.82) is 0 Å². The lowest BCUT2D eigenvalue weighted by Crippen LogP contribution is -2.21. The maximum atomic E-state index is 5.57. The van der Waals surface area contributed by atoms with Gasteiger partial charge in [-0.25, -0.2) is 0 Å². The van der Waals surface area contributed by atoms with Gasteiger partial charge in [-0.15, -0.1) is 12.4 Å². The Balaban J connectivity index is 0.000000640. The van der Waals surface area contributed by atoms with Crippen LogP contribution in [0.2, 0.25) is 10.6 Å². The Bertz CT molecular complexity index is 64.1. The van der Waals surface area contributed by atoms with Crippen molar-refractivity contribution in [2.45, 2.75) is 30.3 Å². The molecule has 1 saturated heterocycles. The van der Waals surface area contributed by atoms with Gasteiger partial charge in [0.15, 0.2) is 0 Å². The molecule has 1 aliphatic heterocycles. The minimum atomic E-state index is -0.605. The van der Waals surface area contributed by atoms with E-state index in [1.807, 2.05) is 0 Å². The van der Waals surface area contributed by atoms with E-state index in [4.69, 9.17) is 3.79 Å². The summed E-state index contributed by atoms with van der Waals surface area (Å²) in [7, 11) is 0. The SMILES string of the molecule is C[CH2][Al]1[CH2]CCC[O]1.Cl. The summed E-state index contributed by atoms with van der Waals surface area (Å²) in [5.41, 5.74) is 0. The van der Waals surface area contributed by atoms with E-state index in [1.54, 1.807) is 0 Å². The van der Waals surface area contributed by atoms with Gasteiger partial charge in [0.1, 0.15) is 0 Å². The van der Waals surface area contributed by atoms with Crippen molar-refractivity contribution >= 4 is 26.9 Å². The molecule has 0 spiro atoms. The third-order valence-corrected chi connectivity index (χ3v) is 4.40. The Hall–Kier alpha value is 0.782. The first-order valence-corrected chi connectivity index (χ1v) is 5.65. The lowest BCUT2D eigenvalue weighted by molar-refractivity contribution is 0.287. The van der Waals surface area contributed by atoms with E-state index in [0.717, 1.165) is 6.61 Å². The largest absolute Gasteiger partial charge is 0.501 e. The molecule has 0 saturated carbocycles. The number of rotatable bonds is 1. The van der Waals surface area contributed by atoms with Gasteiger partial charge in [0.25, 0.3) is 0 Å². The van der Waals surface area contributed by atoms with Crippen LogP contribution in [0.15, 0.2) is 0 Å². The Morgan fingerprint density at radius 3 is 2.56 bits per heavy atom. The summed E-state index contributed by atoms with van der Waals surface area (Å²) in [4.78, 5) is 0. The van der Waals surface area contributed by atoms with E-state index < -0.39 is 14.5 Å². The molecule has 1 heterocycles. The van der Waals surface area contributed by atoms with Gasteiger partial charge in [0.2, 0.25) is 0 Å². The van der Waals surface area contributed by atoms with E-state index in [9.17, 15) is 0 Å². The van der Waals surface area contributed by atoms with E-state index in [-0.39, 0.29) is 12.4 Å². The summed E-state index contributed by atoms with van der Waals surface area (Å²) >= 11 is -0.605. The number of halogens is 1. The molecule has 9 heavy (non-hydrogen) atoms. The smallest absolute Gasteiger partial charge is 0.460 e. The Morgan fingerprint density at radius 1 is 1.44 bits per heavy atom. The fraction of sp³-hybridized carbons (Fsp3) is 1.00. The van der Waals surface area contributed by atoms with Gasteiger partial charge >= 0.3 is 14.5 Å². The van der Waals surface area contributed by atoms with Gasteiger partial charge in [0, 0.05) is 6.61 Å². The van der Waals surface area contributed by atoms with Gasteiger partial charge in [-0.2, -0.15) is 0 Å². The lowest BCUT2D eigenvalue weighted by atomic mass is 10.4. The van der Waals surface area contributed by atoms with Gasteiger partial charge in [0.05, 0.1) is 0 Å². The minimum absolute atomic E-state index is 0. The molecule has 0 bridgehead atoms. The summed E-state index contributed by atoms with van der Waals surface area (Å²) in [5.74, 6) is 0. The van der Waals surface area contributed by atoms with Crippen LogP contribution in [0.1, 0.15) is 19.8 Å². The van der Waals surface area contributed by atoms with Crippen LogP contribution in [0, 0.1) is 0 Å². The van der Waals surface area contributed by atoms with Crippen LogP contribution >= 0.6 is 12.4 Å². The van der Waals surface area contributed by atoms with Crippen LogP contribution in [0.5, 0.6) is 0 Å². The van der Waals surface area contributed by atoms with Gasteiger partial charge in [-0.05, 0) is 6.42 Å². The van der Waals surface area contributed by atoms with Gasteiger partial charge in [-0.1, -0.05) is 23.9 Å². The fourth-order valence-corrected chi connectivity index (χ4v) is 3.18. The third-order valence-electron chi connectivity index (χ3n) is 1.73. The van der Waals surface area contributed by atoms with E-state index >= 15 is 0 Å². The predicted octanol–water partition coefficient (Wildman–Crippen LogP) is 2.23. The molecule has 0 aromatic rings. The lowest BCUT2D eigenvalue weighted by Gasteiger charge is -2.16. The minimum Gasteiger partial charge on any atom is -0.501 e. The quantitative estimate of drug-likeness (QED) is 0.540. The average molecular weight is 165 g/mol. The van der Waals surface area contributed by atoms with Crippen molar-refractivity contribution in [2.75, 3.05) is 6.61 Å². The molecule has 0 aliphatic carbocycles. The molecule has 0 aromatic heterocycles. The maximum absolute atomic E-state index is 5.57. The molecule has 0 radical (unpaired) electrons. The van der Waals surface area contributed by atoms with Crippen molar-refractivity contribution in [1.82, 2.24) is 0 Å². The van der Waals surface area contributed by atoms with Gasteiger partial charge in [-0.3, -0.25) is 0 Å². The summed E-state index contributed by atoms with van der Waals surface area (Å²) in [6.45, 7) is 3.31. The second-order valence-corrected chi connectivity index (χ2v) is 5.37. The molecule has 0 aromatic carbocycles. The summed E-state index contributed by atoms with van der Waals surface area (Å²) in [6, 6.07) is 0. The standard InChI is InChI=1S/C4H8O.C2H5.Al.ClH/c1-2-3-4-5;1-2;;/h1-4H2;1H2,2H3;;1H/q-1;;+1;. The summed E-state index contributed by atoms with van der Waals surface area (Å²) < 4.78 is 5.57. The molecular formula is C6H14AlClO. The van der Waals surface area contributed by atoms with Crippen LogP contribution in [0.3, 0.4) is 0 Å². The first-order valence-electron chi connectivity index (χ1n) is 3.55. The molecule has 54 valence electrons. The number of hydrogen-bond donors (Lipinski definition) is 0. The molecule has 1 rings (SSSR count). The van der Waals surface area contributed by atoms with E-state index in [1.165, 1.54) is 23.4 Å². The molecule has 1 aliphatic rings. The third kappa shape index (κ3) is 3.48. The second kappa shape index (κ2) is 5.56. The first-order chi connectivity index (χ1) is 3.93. The zero-order valence-electron chi connectivity index (χ0n) is 5.93. The molecule has 0 amide bonds. The molecule has 0 unspecified atom stereocenters. The predicted molar refractivity (Wildman–Crippen MR) is 43.5 cm³/mol. The van der Waals surface area contributed by atoms with Crippen LogP contribution < -0.4 is 0 Å². The van der Waals surface area contributed by atoms with Crippen molar-refractivity contribution in [3.63, 3.8) is 0 Å². The molecule has 0 N–H and O–H groups in total. The molecule has 0 atom stereocenters. The van der Waals surface area contributed by atoms with Crippen molar-refractivity contribution in [3.05, 3.63) is 0 Å². The van der Waals surface area contributed by atoms with E-state index in [0.29, 0.717) is 0 Å². The molecule has 1 fully saturated rings. The topological polar surface area (TPSA) is 9.23 Å². The van der Waals surface area contributed by atoms with Crippen LogP contribution in [-0.2, 0) is 3.79 Å². The highest BCUT2D eigenvalue weighted by Gasteiger charge is 2.19. The highest BCUT2D eigenvalue weighted by atomic mass is 35.5. The normalized spacial score (nSPS) is 19.0. The Morgan fingerprint density at radius 2 is 2.22 bits per heavy atom. The van der Waals surface area contributed by atoms with Crippen LogP contribution in [-0.4, -0.2) is 21.1 Å². The average Bonchev–Trinajstić information content (AvgIpc) is 1.90. The summed E-state index contributed by atoms with van der Waals surface area (Å²) in [5, 5.41) is 2.76. The maximum Gasteiger partial charge on any atom is 0.460 e. The molecular weight excluding hydrogens is 150 g/mol. The zero-order chi connectivity index (χ0) is 5.82. The van der Waals surface area contributed by atoms with Crippen molar-refractivity contribution in [3.8, 4) is 0 Å². The Kier molecular flexibility index (Phi) is 6.04. The number of hydrogen-bond acceptors (Lipinski definition) is 1. The Labute approximate surface area is 67.9 Å². The highest BCUT2D eigenvalue weighted by Crippen LogP contribution is 2.12. The first kappa shape index (κ1) is 9.78. The second-order valence-electron chi connectivity index (χ2n) is 2.40.